The number of hydrogen-bond donors (Lipinski definition) is 1. The van der Waals surface area contributed by atoms with Crippen LogP contribution >= 0.6 is 12.6 Å². The zero-order valence-corrected chi connectivity index (χ0v) is 14.0. The lowest BCUT2D eigenvalue weighted by molar-refractivity contribution is -0.137. The van der Waals surface area contributed by atoms with Gasteiger partial charge in [-0.05, 0) is 6.92 Å². The number of aryl methyl sites for hydroxylation is 1. The summed E-state index contributed by atoms with van der Waals surface area (Å²) in [6, 6.07) is 0. The Morgan fingerprint density at radius 3 is 2.61 bits per heavy atom. The fourth-order valence-electron chi connectivity index (χ4n) is 2.25. The van der Waals surface area contributed by atoms with Gasteiger partial charge in [-0.3, -0.25) is 13.9 Å². The number of hydrogen-bond acceptors (Lipinski definition) is 6. The third kappa shape index (κ3) is 3.09. The summed E-state index contributed by atoms with van der Waals surface area (Å²) in [5, 5.41) is 0. The van der Waals surface area contributed by atoms with E-state index in [-0.39, 0.29) is 6.54 Å². The van der Waals surface area contributed by atoms with Gasteiger partial charge in [0.1, 0.15) is 5.82 Å². The van der Waals surface area contributed by atoms with Crippen molar-refractivity contribution in [1.29, 1.82) is 0 Å². The van der Waals surface area contributed by atoms with Crippen LogP contribution in [-0.2, 0) is 35.9 Å². The van der Waals surface area contributed by atoms with Gasteiger partial charge in [-0.1, -0.05) is 6.08 Å². The minimum Gasteiger partial charge on any atom is -0.463 e. The molecule has 0 bridgehead atoms. The van der Waals surface area contributed by atoms with Crippen molar-refractivity contribution in [1.82, 2.24) is 18.7 Å². The van der Waals surface area contributed by atoms with Gasteiger partial charge in [-0.2, -0.15) is 12.6 Å². The van der Waals surface area contributed by atoms with Crippen molar-refractivity contribution in [3.05, 3.63) is 38.8 Å². The van der Waals surface area contributed by atoms with Crippen LogP contribution in [0.5, 0.6) is 0 Å². The van der Waals surface area contributed by atoms with Crippen molar-refractivity contribution in [3.8, 4) is 0 Å². The first-order chi connectivity index (χ1) is 10.9. The highest BCUT2D eigenvalue weighted by molar-refractivity contribution is 7.79. The number of carbonyl (C=O) groups excluding carboxylic acids is 1. The molecule has 23 heavy (non-hydrogen) atoms. The van der Waals surface area contributed by atoms with Gasteiger partial charge in [-0.25, -0.2) is 14.6 Å². The lowest BCUT2D eigenvalue weighted by Gasteiger charge is -2.06. The van der Waals surface area contributed by atoms with Crippen LogP contribution in [0.25, 0.3) is 11.2 Å². The molecule has 8 nitrogen and oxygen atoms in total. The van der Waals surface area contributed by atoms with Crippen LogP contribution in [0, 0.1) is 0 Å². The average Bonchev–Trinajstić information content (AvgIpc) is 2.90. The Labute approximate surface area is 137 Å². The lowest BCUT2D eigenvalue weighted by atomic mass is 10.4. The normalized spacial score (nSPS) is 11.5. The first kappa shape index (κ1) is 17.1. The summed E-state index contributed by atoms with van der Waals surface area (Å²) in [4.78, 5) is 40.0. The molecule has 0 atom stereocenters. The van der Waals surface area contributed by atoms with Crippen LogP contribution in [0.3, 0.4) is 0 Å². The van der Waals surface area contributed by atoms with Crippen molar-refractivity contribution in [2.45, 2.75) is 19.2 Å². The number of aromatic nitrogens is 4. The van der Waals surface area contributed by atoms with E-state index in [0.717, 1.165) is 4.57 Å². The van der Waals surface area contributed by atoms with Gasteiger partial charge in [-0.15, -0.1) is 0 Å². The van der Waals surface area contributed by atoms with E-state index < -0.39 is 17.2 Å². The van der Waals surface area contributed by atoms with Crippen LogP contribution in [0.4, 0.5) is 0 Å². The molecule has 0 saturated carbocycles. The first-order valence-electron chi connectivity index (χ1n) is 7.01. The molecule has 0 aliphatic rings. The van der Waals surface area contributed by atoms with E-state index in [1.807, 2.05) is 0 Å². The maximum atomic E-state index is 12.4. The number of carbonyl (C=O) groups is 1. The molecule has 124 valence electrons. The van der Waals surface area contributed by atoms with E-state index >= 15 is 0 Å². The fraction of sp³-hybridized carbons (Fsp3) is 0.429. The average molecular weight is 338 g/mol. The Hall–Kier alpha value is -2.29. The summed E-state index contributed by atoms with van der Waals surface area (Å²) >= 11 is 4.21. The summed E-state index contributed by atoms with van der Waals surface area (Å²) in [6.45, 7) is 2.26. The predicted molar refractivity (Wildman–Crippen MR) is 88.7 cm³/mol. The summed E-state index contributed by atoms with van der Waals surface area (Å²) in [7, 11) is 2.97. The number of fused-ring (bicyclic) bond motifs is 1. The number of ether oxygens (including phenoxy) is 1. The molecule has 0 fully saturated rings. The van der Waals surface area contributed by atoms with Crippen molar-refractivity contribution in [3.63, 3.8) is 0 Å². The fourth-order valence-corrected chi connectivity index (χ4v) is 2.50. The predicted octanol–water partition coefficient (Wildman–Crippen LogP) is -0.0172. The molecular weight excluding hydrogens is 320 g/mol. The second-order valence-corrected chi connectivity index (χ2v) is 5.15. The Morgan fingerprint density at radius 2 is 2.00 bits per heavy atom. The second-order valence-electron chi connectivity index (χ2n) is 4.83. The highest BCUT2D eigenvalue weighted by atomic mass is 32.1. The molecule has 2 rings (SSSR count). The van der Waals surface area contributed by atoms with E-state index in [1.165, 1.54) is 17.7 Å². The summed E-state index contributed by atoms with van der Waals surface area (Å²) < 4.78 is 8.79. The number of rotatable bonds is 5. The SMILES string of the molecule is CCOC(=O)/C=C/Cn1c(CS)nc2c1c(=O)n(C)c(=O)n2C. The summed E-state index contributed by atoms with van der Waals surface area (Å²) in [5.74, 6) is 0.374. The monoisotopic (exact) mass is 338 g/mol. The molecule has 2 aromatic rings. The van der Waals surface area contributed by atoms with Crippen LogP contribution in [-0.4, -0.2) is 31.3 Å². The molecular formula is C14H18N4O4S. The van der Waals surface area contributed by atoms with Crippen LogP contribution < -0.4 is 11.2 Å². The van der Waals surface area contributed by atoms with E-state index in [4.69, 9.17) is 4.74 Å². The van der Waals surface area contributed by atoms with Gasteiger partial charge in [0.25, 0.3) is 5.56 Å². The van der Waals surface area contributed by atoms with Crippen molar-refractivity contribution < 1.29 is 9.53 Å². The van der Waals surface area contributed by atoms with Crippen molar-refractivity contribution in [2.24, 2.45) is 14.1 Å². The van der Waals surface area contributed by atoms with Crippen LogP contribution in [0.15, 0.2) is 21.7 Å². The van der Waals surface area contributed by atoms with Crippen LogP contribution in [0.1, 0.15) is 12.7 Å². The quantitative estimate of drug-likeness (QED) is 0.470. The number of allylic oxidation sites excluding steroid dienone is 1. The highest BCUT2D eigenvalue weighted by Crippen LogP contribution is 2.13. The van der Waals surface area contributed by atoms with Crippen molar-refractivity contribution >= 4 is 29.8 Å². The minimum atomic E-state index is -0.454. The first-order valence-corrected chi connectivity index (χ1v) is 7.64. The van der Waals surface area contributed by atoms with Gasteiger partial charge < -0.3 is 9.30 Å². The molecule has 0 saturated heterocycles. The van der Waals surface area contributed by atoms with E-state index in [2.05, 4.69) is 17.6 Å². The maximum Gasteiger partial charge on any atom is 0.332 e. The molecule has 0 amide bonds. The Balaban J connectivity index is 2.57. The number of imidazole rings is 1. The zero-order valence-electron chi connectivity index (χ0n) is 13.1. The molecule has 0 radical (unpaired) electrons. The van der Waals surface area contributed by atoms with Gasteiger partial charge in [0.2, 0.25) is 0 Å². The molecule has 0 spiro atoms. The molecule has 0 aromatic carbocycles. The van der Waals surface area contributed by atoms with Gasteiger partial charge >= 0.3 is 11.7 Å². The smallest absolute Gasteiger partial charge is 0.332 e. The molecule has 2 aromatic heterocycles. The summed E-state index contributed by atoms with van der Waals surface area (Å²) in [5.41, 5.74) is -0.285. The third-order valence-corrected chi connectivity index (χ3v) is 3.68. The number of nitrogens with zero attached hydrogens (tertiary/aromatic N) is 4. The zero-order chi connectivity index (χ0) is 17.1. The number of esters is 1. The minimum absolute atomic E-state index is 0.249. The largest absolute Gasteiger partial charge is 0.463 e. The molecule has 0 N–H and O–H groups in total. The maximum absolute atomic E-state index is 12.4. The van der Waals surface area contributed by atoms with Gasteiger partial charge in [0.15, 0.2) is 11.2 Å². The lowest BCUT2D eigenvalue weighted by Crippen LogP contribution is -2.37. The Kier molecular flexibility index (Phi) is 5.09. The number of thiol groups is 1. The molecule has 2 heterocycles. The van der Waals surface area contributed by atoms with E-state index in [1.54, 1.807) is 24.6 Å². The third-order valence-electron chi connectivity index (χ3n) is 3.40. The molecule has 0 aliphatic carbocycles. The molecule has 9 heteroatoms. The van der Waals surface area contributed by atoms with E-state index in [9.17, 15) is 14.4 Å². The van der Waals surface area contributed by atoms with E-state index in [0.29, 0.717) is 29.3 Å². The Bertz CT molecular complexity index is 891. The van der Waals surface area contributed by atoms with Crippen molar-refractivity contribution in [2.75, 3.05) is 6.61 Å². The second kappa shape index (κ2) is 6.86. The topological polar surface area (TPSA) is 88.1 Å². The van der Waals surface area contributed by atoms with Crippen LogP contribution in [0.2, 0.25) is 0 Å². The summed E-state index contributed by atoms with van der Waals surface area (Å²) in [6.07, 6.45) is 2.88. The van der Waals surface area contributed by atoms with Gasteiger partial charge in [0.05, 0.1) is 6.61 Å². The Morgan fingerprint density at radius 1 is 1.30 bits per heavy atom. The molecule has 0 unspecified atom stereocenters. The standard InChI is InChI=1S/C14H18N4O4S/c1-4-22-10(19)6-5-7-18-9(8-23)15-12-11(18)13(20)17(3)14(21)16(12)2/h5-6,23H,4,7-8H2,1-3H3/b6-5+. The molecule has 0 aliphatic heterocycles. The van der Waals surface area contributed by atoms with Gasteiger partial charge in [0, 0.05) is 32.5 Å². The highest BCUT2D eigenvalue weighted by Gasteiger charge is 2.17.